The maximum atomic E-state index is 12.2. The van der Waals surface area contributed by atoms with Crippen LogP contribution in [-0.4, -0.2) is 35.0 Å². The molecule has 0 fully saturated rings. The van der Waals surface area contributed by atoms with E-state index in [4.69, 9.17) is 5.73 Å². The number of nitrogens with zero attached hydrogens (tertiary/aromatic N) is 3. The second-order valence-electron chi connectivity index (χ2n) is 3.77. The number of pyridine rings is 1. The number of nitrogens with two attached hydrogens (primary N) is 1. The third kappa shape index (κ3) is 2.34. The molecule has 0 aliphatic heterocycles. The van der Waals surface area contributed by atoms with Gasteiger partial charge in [-0.2, -0.15) is 9.40 Å². The van der Waals surface area contributed by atoms with E-state index in [1.54, 1.807) is 24.5 Å². The SMILES string of the molecule is CN(Cc1cccnc1)S(=O)(=O)c1cn[nH]c1N. The lowest BCUT2D eigenvalue weighted by atomic mass is 10.3. The van der Waals surface area contributed by atoms with Gasteiger partial charge in [-0.05, 0) is 11.6 Å². The van der Waals surface area contributed by atoms with Crippen molar-refractivity contribution in [2.45, 2.75) is 11.4 Å². The molecule has 0 atom stereocenters. The number of hydrogen-bond donors (Lipinski definition) is 2. The molecule has 0 saturated heterocycles. The number of aromatic amines is 1. The molecule has 0 aliphatic rings. The number of hydrogen-bond acceptors (Lipinski definition) is 5. The molecule has 0 unspecified atom stereocenters. The van der Waals surface area contributed by atoms with Gasteiger partial charge in [0.15, 0.2) is 0 Å². The van der Waals surface area contributed by atoms with E-state index in [-0.39, 0.29) is 17.3 Å². The van der Waals surface area contributed by atoms with Gasteiger partial charge in [-0.3, -0.25) is 10.1 Å². The first-order valence-electron chi connectivity index (χ1n) is 5.16. The van der Waals surface area contributed by atoms with E-state index < -0.39 is 10.0 Å². The third-order valence-electron chi connectivity index (χ3n) is 2.45. The minimum atomic E-state index is -3.64. The van der Waals surface area contributed by atoms with Crippen molar-refractivity contribution < 1.29 is 8.42 Å². The van der Waals surface area contributed by atoms with Gasteiger partial charge in [0.05, 0.1) is 6.20 Å². The summed E-state index contributed by atoms with van der Waals surface area (Å²) in [7, 11) is -2.16. The topological polar surface area (TPSA) is 105 Å². The first-order valence-corrected chi connectivity index (χ1v) is 6.60. The molecule has 18 heavy (non-hydrogen) atoms. The molecule has 0 bridgehead atoms. The Morgan fingerprint density at radius 2 is 2.22 bits per heavy atom. The molecule has 2 rings (SSSR count). The molecular formula is C10H13N5O2S. The van der Waals surface area contributed by atoms with Crippen LogP contribution in [0.2, 0.25) is 0 Å². The molecule has 2 heterocycles. The van der Waals surface area contributed by atoms with Gasteiger partial charge >= 0.3 is 0 Å². The Labute approximate surface area is 105 Å². The summed E-state index contributed by atoms with van der Waals surface area (Å²) in [6, 6.07) is 3.56. The number of aromatic nitrogens is 3. The lowest BCUT2D eigenvalue weighted by Crippen LogP contribution is -2.26. The van der Waals surface area contributed by atoms with E-state index in [0.717, 1.165) is 5.56 Å². The van der Waals surface area contributed by atoms with Crippen LogP contribution in [0.5, 0.6) is 0 Å². The zero-order valence-electron chi connectivity index (χ0n) is 9.74. The Hall–Kier alpha value is -1.93. The fraction of sp³-hybridized carbons (Fsp3) is 0.200. The zero-order chi connectivity index (χ0) is 13.2. The maximum Gasteiger partial charge on any atom is 0.248 e. The minimum Gasteiger partial charge on any atom is -0.383 e. The van der Waals surface area contributed by atoms with Gasteiger partial charge in [-0.1, -0.05) is 6.07 Å². The molecule has 0 aromatic carbocycles. The number of anilines is 1. The van der Waals surface area contributed by atoms with Crippen LogP contribution in [0.25, 0.3) is 0 Å². The van der Waals surface area contributed by atoms with Crippen LogP contribution >= 0.6 is 0 Å². The highest BCUT2D eigenvalue weighted by molar-refractivity contribution is 7.89. The van der Waals surface area contributed by atoms with Crippen LogP contribution in [0.1, 0.15) is 5.56 Å². The summed E-state index contributed by atoms with van der Waals surface area (Å²) in [5.74, 6) is 0.0352. The normalized spacial score (nSPS) is 11.9. The fourth-order valence-electron chi connectivity index (χ4n) is 1.49. The second-order valence-corrected chi connectivity index (χ2v) is 5.78. The van der Waals surface area contributed by atoms with E-state index in [9.17, 15) is 8.42 Å². The van der Waals surface area contributed by atoms with Crippen molar-refractivity contribution >= 4 is 15.8 Å². The fourth-order valence-corrected chi connectivity index (χ4v) is 2.66. The standard InChI is InChI=1S/C10H13N5O2S/c1-15(7-8-3-2-4-12-5-8)18(16,17)9-6-13-14-10(9)11/h2-6H,7H2,1H3,(H3,11,13,14). The number of nitrogen functional groups attached to an aromatic ring is 1. The molecule has 0 radical (unpaired) electrons. The van der Waals surface area contributed by atoms with E-state index in [0.29, 0.717) is 0 Å². The van der Waals surface area contributed by atoms with E-state index >= 15 is 0 Å². The van der Waals surface area contributed by atoms with Gasteiger partial charge in [0, 0.05) is 26.0 Å². The molecule has 0 aliphatic carbocycles. The molecule has 7 nitrogen and oxygen atoms in total. The quantitative estimate of drug-likeness (QED) is 0.823. The first kappa shape index (κ1) is 12.5. The second kappa shape index (κ2) is 4.75. The largest absolute Gasteiger partial charge is 0.383 e. The third-order valence-corrected chi connectivity index (χ3v) is 4.28. The summed E-state index contributed by atoms with van der Waals surface area (Å²) in [5, 5.41) is 6.01. The van der Waals surface area contributed by atoms with Gasteiger partial charge in [-0.15, -0.1) is 0 Å². The Morgan fingerprint density at radius 3 is 2.78 bits per heavy atom. The predicted octanol–water partition coefficient (Wildman–Crippen LogP) is 0.208. The molecule has 2 aromatic rings. The van der Waals surface area contributed by atoms with Crippen LogP contribution in [0.3, 0.4) is 0 Å². The number of nitrogens with one attached hydrogen (secondary N) is 1. The average Bonchev–Trinajstić information content (AvgIpc) is 2.77. The summed E-state index contributed by atoms with van der Waals surface area (Å²) in [6.07, 6.45) is 4.45. The minimum absolute atomic E-state index is 0.0195. The van der Waals surface area contributed by atoms with Gasteiger partial charge in [0.25, 0.3) is 0 Å². The van der Waals surface area contributed by atoms with Gasteiger partial charge in [0.2, 0.25) is 10.0 Å². The van der Waals surface area contributed by atoms with Crippen molar-refractivity contribution in [1.29, 1.82) is 0 Å². The molecule has 96 valence electrons. The monoisotopic (exact) mass is 267 g/mol. The van der Waals surface area contributed by atoms with Gasteiger partial charge in [-0.25, -0.2) is 8.42 Å². The molecule has 0 saturated carbocycles. The smallest absolute Gasteiger partial charge is 0.248 e. The number of sulfonamides is 1. The van der Waals surface area contributed by atoms with Crippen molar-refractivity contribution in [1.82, 2.24) is 19.5 Å². The van der Waals surface area contributed by atoms with Crippen molar-refractivity contribution in [3.05, 3.63) is 36.3 Å². The summed E-state index contributed by atoms with van der Waals surface area (Å²) in [4.78, 5) is 3.92. The lowest BCUT2D eigenvalue weighted by Gasteiger charge is -2.16. The number of rotatable bonds is 4. The maximum absolute atomic E-state index is 12.2. The van der Waals surface area contributed by atoms with Crippen molar-refractivity contribution in [3.8, 4) is 0 Å². The summed E-state index contributed by atoms with van der Waals surface area (Å²) < 4.78 is 25.6. The first-order chi connectivity index (χ1) is 8.51. The molecular weight excluding hydrogens is 254 g/mol. The lowest BCUT2D eigenvalue weighted by molar-refractivity contribution is 0.466. The Kier molecular flexibility index (Phi) is 3.30. The molecule has 3 N–H and O–H groups in total. The van der Waals surface area contributed by atoms with Gasteiger partial charge < -0.3 is 5.73 Å². The molecule has 0 amide bonds. The van der Waals surface area contributed by atoms with Crippen LogP contribution in [-0.2, 0) is 16.6 Å². The predicted molar refractivity (Wildman–Crippen MR) is 65.9 cm³/mol. The van der Waals surface area contributed by atoms with E-state index in [2.05, 4.69) is 15.2 Å². The van der Waals surface area contributed by atoms with Crippen LogP contribution in [0, 0.1) is 0 Å². The highest BCUT2D eigenvalue weighted by atomic mass is 32.2. The van der Waals surface area contributed by atoms with E-state index in [1.807, 2.05) is 0 Å². The highest BCUT2D eigenvalue weighted by Crippen LogP contribution is 2.19. The number of H-pyrrole nitrogens is 1. The van der Waals surface area contributed by atoms with Crippen LogP contribution in [0.15, 0.2) is 35.6 Å². The summed E-state index contributed by atoms with van der Waals surface area (Å²) in [5.41, 5.74) is 6.32. The van der Waals surface area contributed by atoms with Crippen molar-refractivity contribution in [2.24, 2.45) is 0 Å². The Balaban J connectivity index is 2.24. The zero-order valence-corrected chi connectivity index (χ0v) is 10.6. The van der Waals surface area contributed by atoms with Gasteiger partial charge in [0.1, 0.15) is 10.7 Å². The molecule has 0 spiro atoms. The van der Waals surface area contributed by atoms with Crippen molar-refractivity contribution in [3.63, 3.8) is 0 Å². The summed E-state index contributed by atoms with van der Waals surface area (Å²) >= 11 is 0. The summed E-state index contributed by atoms with van der Waals surface area (Å²) in [6.45, 7) is 0.223. The van der Waals surface area contributed by atoms with Crippen LogP contribution < -0.4 is 5.73 Å². The Morgan fingerprint density at radius 1 is 1.44 bits per heavy atom. The average molecular weight is 267 g/mol. The Bertz CT molecular complexity index is 623. The van der Waals surface area contributed by atoms with Crippen LogP contribution in [0.4, 0.5) is 5.82 Å². The molecule has 8 heteroatoms. The van der Waals surface area contributed by atoms with Crippen molar-refractivity contribution in [2.75, 3.05) is 12.8 Å². The van der Waals surface area contributed by atoms with E-state index in [1.165, 1.54) is 17.5 Å². The highest BCUT2D eigenvalue weighted by Gasteiger charge is 2.24. The molecule has 2 aromatic heterocycles.